The molecule has 0 aliphatic carbocycles. The van der Waals surface area contributed by atoms with E-state index in [-0.39, 0.29) is 37.0 Å². The zero-order chi connectivity index (χ0) is 22.4. The van der Waals surface area contributed by atoms with E-state index < -0.39 is 0 Å². The van der Waals surface area contributed by atoms with Crippen LogP contribution in [0.1, 0.15) is 32.3 Å². The van der Waals surface area contributed by atoms with Gasteiger partial charge >= 0.3 is 5.69 Å². The molecule has 1 N–H and O–H groups in total. The second-order valence-electron chi connectivity index (χ2n) is 7.63. The highest BCUT2D eigenvalue weighted by Crippen LogP contribution is 2.16. The molecule has 0 radical (unpaired) electrons. The van der Waals surface area contributed by atoms with Crippen LogP contribution in [0, 0.1) is 0 Å². The number of likely N-dealkylation sites (N-methyl/N-ethyl adjacent to an activating group) is 1. The Kier molecular flexibility index (Phi) is 7.28. The molecule has 164 valence electrons. The van der Waals surface area contributed by atoms with E-state index in [0.29, 0.717) is 6.54 Å². The molecule has 0 saturated heterocycles. The molecule has 1 aromatic heterocycles. The van der Waals surface area contributed by atoms with E-state index in [9.17, 15) is 14.4 Å². The first-order valence-electron chi connectivity index (χ1n) is 10.8. The SMILES string of the molecule is CCCn1c(=O)n(CCC(=O)N(C)CC(=O)Nc2ccccc2CC)c2ccccc21. The van der Waals surface area contributed by atoms with Gasteiger partial charge in [-0.2, -0.15) is 0 Å². The van der Waals surface area contributed by atoms with Gasteiger partial charge in [0.1, 0.15) is 0 Å². The van der Waals surface area contributed by atoms with Crippen LogP contribution in [0.3, 0.4) is 0 Å². The Morgan fingerprint density at radius 2 is 1.55 bits per heavy atom. The van der Waals surface area contributed by atoms with Gasteiger partial charge in [0.2, 0.25) is 11.8 Å². The van der Waals surface area contributed by atoms with E-state index in [2.05, 4.69) is 5.32 Å². The molecular weight excluding hydrogens is 392 g/mol. The van der Waals surface area contributed by atoms with Crippen molar-refractivity contribution in [1.29, 1.82) is 0 Å². The van der Waals surface area contributed by atoms with Crippen LogP contribution >= 0.6 is 0 Å². The number of aryl methyl sites for hydroxylation is 3. The maximum atomic E-state index is 12.8. The third kappa shape index (κ3) is 5.05. The lowest BCUT2D eigenvalue weighted by atomic mass is 10.1. The Hall–Kier alpha value is -3.35. The first-order chi connectivity index (χ1) is 15.0. The van der Waals surface area contributed by atoms with Crippen molar-refractivity contribution in [2.45, 2.75) is 46.2 Å². The summed E-state index contributed by atoms with van der Waals surface area (Å²) in [6, 6.07) is 15.3. The summed E-state index contributed by atoms with van der Waals surface area (Å²) in [5.41, 5.74) is 3.42. The number of para-hydroxylation sites is 3. The topological polar surface area (TPSA) is 76.3 Å². The molecule has 1 heterocycles. The van der Waals surface area contributed by atoms with Crippen molar-refractivity contribution in [2.75, 3.05) is 18.9 Å². The second kappa shape index (κ2) is 10.1. The zero-order valence-corrected chi connectivity index (χ0v) is 18.4. The summed E-state index contributed by atoms with van der Waals surface area (Å²) < 4.78 is 3.40. The molecule has 7 heteroatoms. The second-order valence-corrected chi connectivity index (χ2v) is 7.63. The molecule has 0 saturated carbocycles. The van der Waals surface area contributed by atoms with Gasteiger partial charge in [-0.15, -0.1) is 0 Å². The average Bonchev–Trinajstić information content (AvgIpc) is 3.03. The Morgan fingerprint density at radius 1 is 0.935 bits per heavy atom. The standard InChI is InChI=1S/C24H30N4O3/c1-4-15-27-20-12-8-9-13-21(20)28(24(27)31)16-14-23(30)26(3)17-22(29)25-19-11-7-6-10-18(19)5-2/h6-13H,4-5,14-17H2,1-3H3,(H,25,29). The zero-order valence-electron chi connectivity index (χ0n) is 18.4. The van der Waals surface area contributed by atoms with Crippen LogP contribution in [0.2, 0.25) is 0 Å². The van der Waals surface area contributed by atoms with E-state index >= 15 is 0 Å². The van der Waals surface area contributed by atoms with Crippen LogP contribution in [0.4, 0.5) is 5.69 Å². The highest BCUT2D eigenvalue weighted by molar-refractivity contribution is 5.95. The number of aromatic nitrogens is 2. The van der Waals surface area contributed by atoms with Gasteiger partial charge in [0.05, 0.1) is 17.6 Å². The van der Waals surface area contributed by atoms with Crippen LogP contribution in [0.5, 0.6) is 0 Å². The third-order valence-corrected chi connectivity index (χ3v) is 5.40. The van der Waals surface area contributed by atoms with E-state index in [1.54, 1.807) is 16.2 Å². The summed E-state index contributed by atoms with van der Waals surface area (Å²) in [7, 11) is 1.61. The van der Waals surface area contributed by atoms with Gasteiger partial charge in [-0.1, -0.05) is 44.2 Å². The molecule has 3 aromatic rings. The summed E-state index contributed by atoms with van der Waals surface area (Å²) in [5, 5.41) is 2.88. The average molecular weight is 423 g/mol. The van der Waals surface area contributed by atoms with Crippen LogP contribution in [0.15, 0.2) is 53.3 Å². The molecule has 0 aliphatic heterocycles. The van der Waals surface area contributed by atoms with Crippen molar-refractivity contribution in [2.24, 2.45) is 0 Å². The van der Waals surface area contributed by atoms with Crippen molar-refractivity contribution in [1.82, 2.24) is 14.0 Å². The van der Waals surface area contributed by atoms with E-state index in [4.69, 9.17) is 0 Å². The minimum Gasteiger partial charge on any atom is -0.336 e. The van der Waals surface area contributed by atoms with Crippen molar-refractivity contribution < 1.29 is 9.59 Å². The van der Waals surface area contributed by atoms with Crippen LogP contribution in [-0.2, 0) is 29.1 Å². The predicted octanol–water partition coefficient (Wildman–Crippen LogP) is 3.26. The first-order valence-corrected chi connectivity index (χ1v) is 10.8. The third-order valence-electron chi connectivity index (χ3n) is 5.40. The molecule has 0 spiro atoms. The molecule has 31 heavy (non-hydrogen) atoms. The van der Waals surface area contributed by atoms with Crippen molar-refractivity contribution in [3.63, 3.8) is 0 Å². The lowest BCUT2D eigenvalue weighted by molar-refractivity contribution is -0.133. The summed E-state index contributed by atoms with van der Waals surface area (Å²) in [5.74, 6) is -0.424. The van der Waals surface area contributed by atoms with E-state index in [1.807, 2.05) is 62.4 Å². The Labute approximate surface area is 182 Å². The number of anilines is 1. The molecule has 2 amide bonds. The Bertz CT molecular complexity index is 1130. The van der Waals surface area contributed by atoms with E-state index in [1.165, 1.54) is 4.90 Å². The number of imidazole rings is 1. The number of nitrogens with zero attached hydrogens (tertiary/aromatic N) is 3. The minimum absolute atomic E-state index is 0.0383. The fraction of sp³-hybridized carbons (Fsp3) is 0.375. The highest BCUT2D eigenvalue weighted by atomic mass is 16.2. The van der Waals surface area contributed by atoms with Crippen molar-refractivity contribution >= 4 is 28.5 Å². The van der Waals surface area contributed by atoms with Crippen molar-refractivity contribution in [3.05, 3.63) is 64.6 Å². The number of nitrogens with one attached hydrogen (secondary N) is 1. The molecule has 0 fully saturated rings. The summed E-state index contributed by atoms with van der Waals surface area (Å²) in [6.07, 6.45) is 1.81. The quantitative estimate of drug-likeness (QED) is 0.575. The van der Waals surface area contributed by atoms with Crippen molar-refractivity contribution in [3.8, 4) is 0 Å². The van der Waals surface area contributed by atoms with Crippen LogP contribution in [0.25, 0.3) is 11.0 Å². The highest BCUT2D eigenvalue weighted by Gasteiger charge is 2.17. The number of benzene rings is 2. The monoisotopic (exact) mass is 422 g/mol. The van der Waals surface area contributed by atoms with Gasteiger partial charge in [0, 0.05) is 32.2 Å². The van der Waals surface area contributed by atoms with E-state index in [0.717, 1.165) is 35.1 Å². The molecule has 2 aromatic carbocycles. The smallest absolute Gasteiger partial charge is 0.329 e. The summed E-state index contributed by atoms with van der Waals surface area (Å²) in [4.78, 5) is 39.3. The van der Waals surface area contributed by atoms with Gasteiger partial charge in [-0.3, -0.25) is 18.7 Å². The minimum atomic E-state index is -0.242. The number of carbonyl (C=O) groups is 2. The Balaban J connectivity index is 1.64. The number of hydrogen-bond donors (Lipinski definition) is 1. The fourth-order valence-corrected chi connectivity index (χ4v) is 3.77. The van der Waals surface area contributed by atoms with Crippen LogP contribution in [-0.4, -0.2) is 39.4 Å². The number of carbonyl (C=O) groups excluding carboxylic acids is 2. The lowest BCUT2D eigenvalue weighted by Gasteiger charge is -2.18. The van der Waals surface area contributed by atoms with Gasteiger partial charge in [0.15, 0.2) is 0 Å². The van der Waals surface area contributed by atoms with Gasteiger partial charge < -0.3 is 10.2 Å². The molecular formula is C24H30N4O3. The molecule has 0 bridgehead atoms. The lowest BCUT2D eigenvalue weighted by Crippen LogP contribution is -2.36. The number of amides is 2. The van der Waals surface area contributed by atoms with Gasteiger partial charge in [-0.25, -0.2) is 4.79 Å². The normalized spacial score (nSPS) is 10.9. The molecule has 7 nitrogen and oxygen atoms in total. The number of hydrogen-bond acceptors (Lipinski definition) is 3. The molecule has 3 rings (SSSR count). The summed E-state index contributed by atoms with van der Waals surface area (Å²) in [6.45, 7) is 4.93. The van der Waals surface area contributed by atoms with Crippen LogP contribution < -0.4 is 11.0 Å². The molecule has 0 atom stereocenters. The largest absolute Gasteiger partial charge is 0.336 e. The maximum absolute atomic E-state index is 12.8. The molecule has 0 aliphatic rings. The number of fused-ring (bicyclic) bond motifs is 1. The summed E-state index contributed by atoms with van der Waals surface area (Å²) >= 11 is 0. The van der Waals surface area contributed by atoms with Gasteiger partial charge in [0.25, 0.3) is 0 Å². The maximum Gasteiger partial charge on any atom is 0.329 e. The van der Waals surface area contributed by atoms with Gasteiger partial charge in [-0.05, 0) is 36.6 Å². The number of rotatable bonds is 9. The molecule has 0 unspecified atom stereocenters. The fourth-order valence-electron chi connectivity index (χ4n) is 3.77. The Morgan fingerprint density at radius 3 is 2.19 bits per heavy atom. The first kappa shape index (κ1) is 22.3. The predicted molar refractivity (Wildman–Crippen MR) is 123 cm³/mol.